The number of aryl methyl sites for hydroxylation is 2. The summed E-state index contributed by atoms with van der Waals surface area (Å²) in [7, 11) is -4.19. The molecule has 0 fully saturated rings. The van der Waals surface area contributed by atoms with Crippen LogP contribution in [0, 0.1) is 0 Å². The molecule has 1 rings (SSSR count). The summed E-state index contributed by atoms with van der Waals surface area (Å²) in [6.07, 6.45) is 3.52. The van der Waals surface area contributed by atoms with Gasteiger partial charge >= 0.3 is 5.97 Å². The van der Waals surface area contributed by atoms with Crippen LogP contribution in [-0.2, 0) is 27.9 Å². The fraction of sp³-hybridized carbons (Fsp3) is 0.400. The third-order valence-electron chi connectivity index (χ3n) is 2.18. The van der Waals surface area contributed by atoms with E-state index < -0.39 is 21.8 Å². The number of aromatic nitrogens is 1. The van der Waals surface area contributed by atoms with E-state index in [4.69, 9.17) is 5.11 Å². The number of rotatable bonds is 6. The fourth-order valence-electron chi connectivity index (χ4n) is 1.27. The normalized spacial score (nSPS) is 11.4. The molecule has 0 spiro atoms. The Kier molecular flexibility index (Phi) is 4.59. The molecule has 0 radical (unpaired) electrons. The minimum absolute atomic E-state index is 0.0267. The van der Waals surface area contributed by atoms with Crippen molar-refractivity contribution in [3.8, 4) is 0 Å². The van der Waals surface area contributed by atoms with Gasteiger partial charge in [-0.25, -0.2) is 13.0 Å². The molecule has 1 aromatic rings. The third kappa shape index (κ3) is 5.98. The van der Waals surface area contributed by atoms with Crippen LogP contribution >= 0.6 is 0 Å². The minimum Gasteiger partial charge on any atom is -0.748 e. The maximum atomic E-state index is 10.4. The van der Waals surface area contributed by atoms with Crippen molar-refractivity contribution in [2.75, 3.05) is 5.75 Å². The molecular weight excluding hydrogens is 246 g/mol. The smallest absolute Gasteiger partial charge is 0.309 e. The number of pyridine rings is 1. The van der Waals surface area contributed by atoms with E-state index in [2.05, 4.69) is 0 Å². The van der Waals surface area contributed by atoms with Gasteiger partial charge in [-0.05, 0) is 12.0 Å². The standard InChI is InChI=1S/C10H13NO5S/c12-10(13)3-7-11-5-1-9(2-6-11)4-8-17(14,15)16/h1-2,5-6H,3-4,7-8H2,(H-,12,13,14,15,16). The second-order valence-electron chi connectivity index (χ2n) is 3.60. The van der Waals surface area contributed by atoms with E-state index >= 15 is 0 Å². The van der Waals surface area contributed by atoms with Crippen molar-refractivity contribution in [3.05, 3.63) is 30.1 Å². The molecule has 0 saturated heterocycles. The molecule has 6 nitrogen and oxygen atoms in total. The Morgan fingerprint density at radius 2 is 1.94 bits per heavy atom. The van der Waals surface area contributed by atoms with Gasteiger partial charge in [-0.2, -0.15) is 0 Å². The number of carboxylic acid groups (broad SMARTS) is 1. The molecule has 0 amide bonds. The van der Waals surface area contributed by atoms with Crippen LogP contribution in [0.25, 0.3) is 0 Å². The molecule has 0 aliphatic carbocycles. The van der Waals surface area contributed by atoms with Crippen LogP contribution in [0.5, 0.6) is 0 Å². The number of carbonyl (C=O) groups is 1. The Morgan fingerprint density at radius 3 is 2.41 bits per heavy atom. The molecule has 0 atom stereocenters. The van der Waals surface area contributed by atoms with Gasteiger partial charge in [-0.3, -0.25) is 4.79 Å². The lowest BCUT2D eigenvalue weighted by Crippen LogP contribution is -2.33. The van der Waals surface area contributed by atoms with Gasteiger partial charge in [0.15, 0.2) is 18.9 Å². The summed E-state index contributed by atoms with van der Waals surface area (Å²) >= 11 is 0. The molecule has 0 aliphatic heterocycles. The lowest BCUT2D eigenvalue weighted by atomic mass is 10.2. The van der Waals surface area contributed by atoms with Crippen molar-refractivity contribution in [1.29, 1.82) is 0 Å². The summed E-state index contributed by atoms with van der Waals surface area (Å²) in [6, 6.07) is 3.35. The van der Waals surface area contributed by atoms with Crippen LogP contribution in [0.15, 0.2) is 24.5 Å². The summed E-state index contributed by atoms with van der Waals surface area (Å²) in [5.74, 6) is -1.30. The molecule has 7 heteroatoms. The van der Waals surface area contributed by atoms with Gasteiger partial charge in [0, 0.05) is 17.9 Å². The van der Waals surface area contributed by atoms with E-state index in [1.165, 1.54) is 0 Å². The average molecular weight is 259 g/mol. The van der Waals surface area contributed by atoms with Crippen molar-refractivity contribution < 1.29 is 27.4 Å². The van der Waals surface area contributed by atoms with Gasteiger partial charge in [0.1, 0.15) is 6.42 Å². The molecule has 1 heterocycles. The number of nitrogens with zero attached hydrogens (tertiary/aromatic N) is 1. The van der Waals surface area contributed by atoms with Crippen LogP contribution < -0.4 is 4.57 Å². The van der Waals surface area contributed by atoms with Crippen molar-refractivity contribution in [3.63, 3.8) is 0 Å². The van der Waals surface area contributed by atoms with Gasteiger partial charge in [0.2, 0.25) is 0 Å². The molecular formula is C10H13NO5S. The summed E-state index contributed by atoms with van der Waals surface area (Å²) in [5.41, 5.74) is 0.732. The molecule has 0 saturated carbocycles. The highest BCUT2D eigenvalue weighted by Gasteiger charge is 2.05. The van der Waals surface area contributed by atoms with Crippen LogP contribution in [0.2, 0.25) is 0 Å². The maximum absolute atomic E-state index is 10.4. The molecule has 1 aromatic heterocycles. The largest absolute Gasteiger partial charge is 0.748 e. The zero-order valence-electron chi connectivity index (χ0n) is 9.07. The lowest BCUT2D eigenvalue weighted by molar-refractivity contribution is -0.696. The Labute approximate surface area is 99.3 Å². The predicted molar refractivity (Wildman–Crippen MR) is 57.2 cm³/mol. The van der Waals surface area contributed by atoms with E-state index in [1.807, 2.05) is 0 Å². The topological polar surface area (TPSA) is 98.4 Å². The van der Waals surface area contributed by atoms with Gasteiger partial charge < -0.3 is 9.66 Å². The molecule has 94 valence electrons. The molecule has 0 unspecified atom stereocenters. The first kappa shape index (κ1) is 13.6. The first-order chi connectivity index (χ1) is 7.87. The summed E-state index contributed by atoms with van der Waals surface area (Å²) in [4.78, 5) is 10.3. The Balaban J connectivity index is 2.53. The summed E-state index contributed by atoms with van der Waals surface area (Å²) in [6.45, 7) is 0.357. The Hall–Kier alpha value is -1.47. The molecule has 0 aliphatic rings. The SMILES string of the molecule is O=C(O)CC[n+]1ccc(CCS(=O)(=O)[O-])cc1. The Bertz CT molecular complexity index is 480. The number of aliphatic carboxylic acids is 1. The fourth-order valence-corrected chi connectivity index (χ4v) is 1.76. The number of carboxylic acids is 1. The van der Waals surface area contributed by atoms with Gasteiger partial charge in [0.05, 0.1) is 10.1 Å². The van der Waals surface area contributed by atoms with E-state index in [0.29, 0.717) is 6.54 Å². The monoisotopic (exact) mass is 259 g/mol. The van der Waals surface area contributed by atoms with Crippen molar-refractivity contribution in [1.82, 2.24) is 0 Å². The molecule has 17 heavy (non-hydrogen) atoms. The predicted octanol–water partition coefficient (Wildman–Crippen LogP) is -0.463. The van der Waals surface area contributed by atoms with E-state index in [9.17, 15) is 17.8 Å². The highest BCUT2D eigenvalue weighted by atomic mass is 32.2. The molecule has 0 bridgehead atoms. The summed E-state index contributed by atoms with van der Waals surface area (Å²) < 4.78 is 33.0. The van der Waals surface area contributed by atoms with Gasteiger partial charge in [0.25, 0.3) is 0 Å². The van der Waals surface area contributed by atoms with Gasteiger partial charge in [-0.1, -0.05) is 0 Å². The second kappa shape index (κ2) is 5.74. The minimum atomic E-state index is -4.19. The van der Waals surface area contributed by atoms with Crippen molar-refractivity contribution >= 4 is 16.1 Å². The second-order valence-corrected chi connectivity index (χ2v) is 5.12. The Morgan fingerprint density at radius 1 is 1.35 bits per heavy atom. The quantitative estimate of drug-likeness (QED) is 0.550. The van der Waals surface area contributed by atoms with Crippen LogP contribution in [0.1, 0.15) is 12.0 Å². The lowest BCUT2D eigenvalue weighted by Gasteiger charge is -2.05. The van der Waals surface area contributed by atoms with E-state index in [-0.39, 0.29) is 12.8 Å². The average Bonchev–Trinajstić information content (AvgIpc) is 2.24. The van der Waals surface area contributed by atoms with Gasteiger partial charge in [-0.15, -0.1) is 0 Å². The van der Waals surface area contributed by atoms with Crippen LogP contribution in [0.4, 0.5) is 0 Å². The zero-order valence-corrected chi connectivity index (χ0v) is 9.89. The third-order valence-corrected chi connectivity index (χ3v) is 2.89. The first-order valence-corrected chi connectivity index (χ1v) is 6.58. The van der Waals surface area contributed by atoms with Crippen molar-refractivity contribution in [2.24, 2.45) is 0 Å². The van der Waals surface area contributed by atoms with E-state index in [0.717, 1.165) is 5.56 Å². The zero-order chi connectivity index (χ0) is 12.9. The number of hydrogen-bond donors (Lipinski definition) is 1. The maximum Gasteiger partial charge on any atom is 0.309 e. The molecule has 1 N–H and O–H groups in total. The highest BCUT2D eigenvalue weighted by Crippen LogP contribution is 1.99. The highest BCUT2D eigenvalue weighted by molar-refractivity contribution is 7.85. The summed E-state index contributed by atoms with van der Waals surface area (Å²) in [5, 5.41) is 8.49. The first-order valence-electron chi connectivity index (χ1n) is 5.00. The van der Waals surface area contributed by atoms with Crippen LogP contribution in [-0.4, -0.2) is 29.8 Å². The number of hydrogen-bond acceptors (Lipinski definition) is 4. The molecule has 0 aromatic carbocycles. The van der Waals surface area contributed by atoms with E-state index in [1.54, 1.807) is 29.1 Å². The van der Waals surface area contributed by atoms with Crippen molar-refractivity contribution in [2.45, 2.75) is 19.4 Å². The van der Waals surface area contributed by atoms with Crippen LogP contribution in [0.3, 0.4) is 0 Å².